The van der Waals surface area contributed by atoms with Crippen LogP contribution in [-0.2, 0) is 15.0 Å². The summed E-state index contributed by atoms with van der Waals surface area (Å²) in [5.74, 6) is -0.951. The van der Waals surface area contributed by atoms with E-state index in [0.29, 0.717) is 15.7 Å². The molecular formula is C22H23Cl3N2O2. The Balaban J connectivity index is 2.11. The van der Waals surface area contributed by atoms with Crippen LogP contribution in [0.3, 0.4) is 0 Å². The molecule has 0 spiro atoms. The molecule has 3 rings (SSSR count). The molecule has 7 heteroatoms. The van der Waals surface area contributed by atoms with E-state index in [1.807, 2.05) is 46.8 Å². The maximum atomic E-state index is 13.5. The molecule has 4 nitrogen and oxygen atoms in total. The molecule has 154 valence electrons. The van der Waals surface area contributed by atoms with E-state index >= 15 is 0 Å². The molecule has 0 saturated heterocycles. The Kier molecular flexibility index (Phi) is 5.92. The highest BCUT2D eigenvalue weighted by atomic mass is 35.5. The fourth-order valence-corrected chi connectivity index (χ4v) is 4.96. The number of halogens is 3. The normalized spacial score (nSPS) is 17.2. The van der Waals surface area contributed by atoms with Gasteiger partial charge in [0.2, 0.25) is 11.8 Å². The number of carbonyl (C=O) groups is 2. The first-order valence-corrected chi connectivity index (χ1v) is 10.5. The van der Waals surface area contributed by atoms with Crippen molar-refractivity contribution in [1.29, 1.82) is 0 Å². The second-order valence-corrected chi connectivity index (χ2v) is 9.18. The Hall–Kier alpha value is -1.75. The molecule has 2 aromatic carbocycles. The molecular weight excluding hydrogens is 431 g/mol. The summed E-state index contributed by atoms with van der Waals surface area (Å²) >= 11 is 18.5. The van der Waals surface area contributed by atoms with Crippen molar-refractivity contribution in [3.63, 3.8) is 0 Å². The fraction of sp³-hybridized carbons (Fsp3) is 0.364. The molecule has 0 aliphatic carbocycles. The van der Waals surface area contributed by atoms with Crippen molar-refractivity contribution in [2.75, 3.05) is 16.1 Å². The van der Waals surface area contributed by atoms with Crippen LogP contribution in [0.4, 0.5) is 11.4 Å². The molecule has 1 unspecified atom stereocenters. The molecule has 0 bridgehead atoms. The highest BCUT2D eigenvalue weighted by Gasteiger charge is 2.52. The van der Waals surface area contributed by atoms with Crippen molar-refractivity contribution in [2.24, 2.45) is 0 Å². The smallest absolute Gasteiger partial charge is 0.248 e. The maximum Gasteiger partial charge on any atom is 0.248 e. The minimum atomic E-state index is -0.820. The van der Waals surface area contributed by atoms with E-state index in [9.17, 15) is 9.59 Å². The van der Waals surface area contributed by atoms with Crippen molar-refractivity contribution in [3.8, 4) is 0 Å². The van der Waals surface area contributed by atoms with E-state index in [2.05, 4.69) is 5.32 Å². The number of hydrogen-bond acceptors (Lipinski definition) is 2. The number of hydrogen-bond donors (Lipinski definition) is 1. The summed E-state index contributed by atoms with van der Waals surface area (Å²) in [6.07, 6.45) is 0. The van der Waals surface area contributed by atoms with Crippen molar-refractivity contribution < 1.29 is 9.59 Å². The van der Waals surface area contributed by atoms with E-state index in [1.54, 1.807) is 12.1 Å². The van der Waals surface area contributed by atoms with Crippen LogP contribution in [0.15, 0.2) is 24.3 Å². The molecule has 2 aromatic rings. The van der Waals surface area contributed by atoms with Gasteiger partial charge >= 0.3 is 0 Å². The molecule has 29 heavy (non-hydrogen) atoms. The van der Waals surface area contributed by atoms with Gasteiger partial charge in [0, 0.05) is 16.1 Å². The summed E-state index contributed by atoms with van der Waals surface area (Å²) in [5.41, 5.74) is 4.29. The number of alkyl halides is 1. The van der Waals surface area contributed by atoms with Gasteiger partial charge in [-0.1, -0.05) is 54.7 Å². The predicted octanol–water partition coefficient (Wildman–Crippen LogP) is 5.79. The SMILES string of the molecule is Cc1cc(C)c(NC(=O)C2N(C(=O)CCl)c3c(Cl)cc(Cl)cc3C2(C)C)c(C)c1. The Morgan fingerprint density at radius 3 is 2.21 bits per heavy atom. The van der Waals surface area contributed by atoms with Gasteiger partial charge < -0.3 is 5.32 Å². The number of carbonyl (C=O) groups excluding carboxylic acids is 2. The zero-order valence-electron chi connectivity index (χ0n) is 17.0. The van der Waals surface area contributed by atoms with Gasteiger partial charge in [0.05, 0.1) is 10.7 Å². The maximum absolute atomic E-state index is 13.5. The number of nitrogens with zero attached hydrogens (tertiary/aromatic N) is 1. The van der Waals surface area contributed by atoms with E-state index in [0.717, 1.165) is 27.9 Å². The highest BCUT2D eigenvalue weighted by Crippen LogP contribution is 2.50. The molecule has 0 radical (unpaired) electrons. The molecule has 1 N–H and O–H groups in total. The summed E-state index contributed by atoms with van der Waals surface area (Å²) in [4.78, 5) is 27.7. The minimum Gasteiger partial charge on any atom is -0.324 e. The van der Waals surface area contributed by atoms with Gasteiger partial charge in [-0.25, -0.2) is 0 Å². The number of aryl methyl sites for hydroxylation is 3. The van der Waals surface area contributed by atoms with Gasteiger partial charge in [0.15, 0.2) is 0 Å². The average Bonchev–Trinajstić information content (AvgIpc) is 2.85. The predicted molar refractivity (Wildman–Crippen MR) is 121 cm³/mol. The third kappa shape index (κ3) is 3.74. The van der Waals surface area contributed by atoms with Crippen LogP contribution in [0.2, 0.25) is 10.0 Å². The summed E-state index contributed by atoms with van der Waals surface area (Å²) in [5, 5.41) is 3.80. The Bertz CT molecular complexity index is 994. The third-order valence-electron chi connectivity index (χ3n) is 5.46. The van der Waals surface area contributed by atoms with Crippen LogP contribution in [0, 0.1) is 20.8 Å². The molecule has 0 aromatic heterocycles. The highest BCUT2D eigenvalue weighted by molar-refractivity contribution is 6.38. The van der Waals surface area contributed by atoms with E-state index < -0.39 is 11.5 Å². The first-order valence-electron chi connectivity index (χ1n) is 9.25. The first-order chi connectivity index (χ1) is 13.5. The topological polar surface area (TPSA) is 49.4 Å². The van der Waals surface area contributed by atoms with Crippen molar-refractivity contribution in [3.05, 3.63) is 56.6 Å². The van der Waals surface area contributed by atoms with Gasteiger partial charge in [0.1, 0.15) is 11.9 Å². The lowest BCUT2D eigenvalue weighted by Gasteiger charge is -2.32. The molecule has 1 atom stereocenters. The number of amides is 2. The average molecular weight is 454 g/mol. The van der Waals surface area contributed by atoms with Gasteiger partial charge in [-0.2, -0.15) is 0 Å². The standard InChI is InChI=1S/C22H23Cl3N2O2/c1-11-6-12(2)18(13(3)7-11)26-21(29)20-22(4,5)15-8-14(24)9-16(25)19(15)27(20)17(28)10-23/h6-9,20H,10H2,1-5H3,(H,26,29). The molecule has 1 heterocycles. The number of anilines is 2. The summed E-state index contributed by atoms with van der Waals surface area (Å²) in [6.45, 7) is 9.71. The first kappa shape index (κ1) is 21.9. The van der Waals surface area contributed by atoms with Gasteiger partial charge in [0.25, 0.3) is 0 Å². The van der Waals surface area contributed by atoms with E-state index in [-0.39, 0.29) is 17.7 Å². The molecule has 1 aliphatic heterocycles. The zero-order valence-corrected chi connectivity index (χ0v) is 19.3. The Labute approximate surface area is 186 Å². The zero-order chi connectivity index (χ0) is 21.7. The second-order valence-electron chi connectivity index (χ2n) is 8.07. The van der Waals surface area contributed by atoms with Crippen LogP contribution < -0.4 is 10.2 Å². The Morgan fingerprint density at radius 2 is 1.66 bits per heavy atom. The number of nitrogens with one attached hydrogen (secondary N) is 1. The van der Waals surface area contributed by atoms with Crippen LogP contribution in [0.25, 0.3) is 0 Å². The minimum absolute atomic E-state index is 0.263. The monoisotopic (exact) mass is 452 g/mol. The van der Waals surface area contributed by atoms with Crippen molar-refractivity contribution in [1.82, 2.24) is 0 Å². The van der Waals surface area contributed by atoms with Crippen LogP contribution in [0.5, 0.6) is 0 Å². The largest absolute Gasteiger partial charge is 0.324 e. The second kappa shape index (κ2) is 7.82. The quantitative estimate of drug-likeness (QED) is 0.598. The van der Waals surface area contributed by atoms with Crippen molar-refractivity contribution in [2.45, 2.75) is 46.1 Å². The van der Waals surface area contributed by atoms with Crippen LogP contribution in [0.1, 0.15) is 36.1 Å². The molecule has 1 aliphatic rings. The number of benzene rings is 2. The molecule has 0 saturated carbocycles. The van der Waals surface area contributed by atoms with Gasteiger partial charge in [-0.05, 0) is 49.6 Å². The Morgan fingerprint density at radius 1 is 1.07 bits per heavy atom. The third-order valence-corrected chi connectivity index (χ3v) is 6.20. The van der Waals surface area contributed by atoms with Crippen LogP contribution in [-0.4, -0.2) is 23.7 Å². The summed E-state index contributed by atoms with van der Waals surface area (Å²) in [6, 6.07) is 6.53. The molecule has 0 fully saturated rings. The summed E-state index contributed by atoms with van der Waals surface area (Å²) in [7, 11) is 0. The van der Waals surface area contributed by atoms with E-state index in [4.69, 9.17) is 34.8 Å². The van der Waals surface area contributed by atoms with Gasteiger partial charge in [-0.15, -0.1) is 11.6 Å². The lowest BCUT2D eigenvalue weighted by Crippen LogP contribution is -2.52. The fourth-order valence-electron chi connectivity index (χ4n) is 4.25. The number of fused-ring (bicyclic) bond motifs is 1. The van der Waals surface area contributed by atoms with Crippen LogP contribution >= 0.6 is 34.8 Å². The van der Waals surface area contributed by atoms with Crippen molar-refractivity contribution >= 4 is 58.0 Å². The number of rotatable bonds is 3. The van der Waals surface area contributed by atoms with Gasteiger partial charge in [-0.3, -0.25) is 14.5 Å². The molecule has 2 amide bonds. The lowest BCUT2D eigenvalue weighted by molar-refractivity contribution is -0.123. The van der Waals surface area contributed by atoms with E-state index in [1.165, 1.54) is 4.90 Å². The summed E-state index contributed by atoms with van der Waals surface area (Å²) < 4.78 is 0. The lowest BCUT2D eigenvalue weighted by atomic mass is 9.80.